The standard InChI is InChI=1S/C17H16O5/c1-19-13-3-7-15(8-4-13)21-12-11-17(18)22-16-9-5-14(20-2)6-10-16/h3-12H,1-2H3/b12-11+. The molecule has 114 valence electrons. The molecule has 5 heteroatoms. The molecule has 0 atom stereocenters. The van der Waals surface area contributed by atoms with Crippen LogP contribution in [0.2, 0.25) is 0 Å². The number of ether oxygens (including phenoxy) is 4. The van der Waals surface area contributed by atoms with Crippen LogP contribution in [0.5, 0.6) is 23.0 Å². The summed E-state index contributed by atoms with van der Waals surface area (Å²) in [5, 5.41) is 0. The van der Waals surface area contributed by atoms with Crippen molar-refractivity contribution in [2.45, 2.75) is 0 Å². The highest BCUT2D eigenvalue weighted by atomic mass is 16.5. The van der Waals surface area contributed by atoms with E-state index in [2.05, 4.69) is 0 Å². The fraction of sp³-hybridized carbons (Fsp3) is 0.118. The van der Waals surface area contributed by atoms with Gasteiger partial charge in [-0.2, -0.15) is 0 Å². The lowest BCUT2D eigenvalue weighted by molar-refractivity contribution is -0.129. The first kappa shape index (κ1) is 15.4. The SMILES string of the molecule is COc1ccc(O/C=C/C(=O)Oc2ccc(OC)cc2)cc1. The predicted molar refractivity (Wildman–Crippen MR) is 81.4 cm³/mol. The van der Waals surface area contributed by atoms with Gasteiger partial charge in [0.15, 0.2) is 0 Å². The summed E-state index contributed by atoms with van der Waals surface area (Å²) in [5.41, 5.74) is 0. The third-order valence-electron chi connectivity index (χ3n) is 2.75. The van der Waals surface area contributed by atoms with E-state index >= 15 is 0 Å². The van der Waals surface area contributed by atoms with Crippen LogP contribution in [0.3, 0.4) is 0 Å². The Balaban J connectivity index is 1.84. The third kappa shape index (κ3) is 4.56. The molecule has 22 heavy (non-hydrogen) atoms. The number of hydrogen-bond donors (Lipinski definition) is 0. The average Bonchev–Trinajstić information content (AvgIpc) is 2.56. The molecule has 0 fully saturated rings. The maximum atomic E-state index is 11.6. The first-order valence-corrected chi connectivity index (χ1v) is 6.54. The molecule has 0 aliphatic rings. The lowest BCUT2D eigenvalue weighted by Gasteiger charge is -2.03. The van der Waals surface area contributed by atoms with Gasteiger partial charge in [-0.1, -0.05) is 0 Å². The lowest BCUT2D eigenvalue weighted by Crippen LogP contribution is -2.04. The van der Waals surface area contributed by atoms with Crippen LogP contribution in [0, 0.1) is 0 Å². The van der Waals surface area contributed by atoms with Crippen molar-refractivity contribution in [3.63, 3.8) is 0 Å². The molecular formula is C17H16O5. The summed E-state index contributed by atoms with van der Waals surface area (Å²) >= 11 is 0. The molecule has 0 aliphatic carbocycles. The Hall–Kier alpha value is -2.95. The van der Waals surface area contributed by atoms with Gasteiger partial charge in [0.25, 0.3) is 0 Å². The molecule has 0 saturated heterocycles. The molecular weight excluding hydrogens is 284 g/mol. The van der Waals surface area contributed by atoms with Gasteiger partial charge >= 0.3 is 5.97 Å². The third-order valence-corrected chi connectivity index (χ3v) is 2.75. The van der Waals surface area contributed by atoms with Gasteiger partial charge in [-0.05, 0) is 48.5 Å². The van der Waals surface area contributed by atoms with Crippen molar-refractivity contribution < 1.29 is 23.7 Å². The Labute approximate surface area is 128 Å². The summed E-state index contributed by atoms with van der Waals surface area (Å²) in [5.74, 6) is 1.92. The van der Waals surface area contributed by atoms with E-state index < -0.39 is 5.97 Å². The largest absolute Gasteiger partial charge is 0.497 e. The Bertz CT molecular complexity index is 629. The molecule has 2 aromatic rings. The van der Waals surface area contributed by atoms with E-state index in [0.29, 0.717) is 17.2 Å². The van der Waals surface area contributed by atoms with E-state index in [1.807, 2.05) is 0 Å². The molecule has 0 heterocycles. The number of methoxy groups -OCH3 is 2. The van der Waals surface area contributed by atoms with Crippen LogP contribution in [0.25, 0.3) is 0 Å². The predicted octanol–water partition coefficient (Wildman–Crippen LogP) is 3.20. The van der Waals surface area contributed by atoms with Crippen LogP contribution in [-0.2, 0) is 4.79 Å². The van der Waals surface area contributed by atoms with Gasteiger partial charge < -0.3 is 18.9 Å². The molecule has 0 bridgehead atoms. The van der Waals surface area contributed by atoms with Gasteiger partial charge in [-0.3, -0.25) is 0 Å². The van der Waals surface area contributed by atoms with Crippen LogP contribution in [0.4, 0.5) is 0 Å². The van der Waals surface area contributed by atoms with E-state index in [9.17, 15) is 4.79 Å². The average molecular weight is 300 g/mol. The van der Waals surface area contributed by atoms with Crippen LogP contribution < -0.4 is 18.9 Å². The van der Waals surface area contributed by atoms with Crippen molar-refractivity contribution >= 4 is 5.97 Å². The highest BCUT2D eigenvalue weighted by molar-refractivity contribution is 5.83. The maximum Gasteiger partial charge on any atom is 0.339 e. The topological polar surface area (TPSA) is 54.0 Å². The molecule has 0 aliphatic heterocycles. The summed E-state index contributed by atoms with van der Waals surface area (Å²) in [6, 6.07) is 13.7. The van der Waals surface area contributed by atoms with E-state index in [-0.39, 0.29) is 0 Å². The molecule has 0 unspecified atom stereocenters. The second-order valence-corrected chi connectivity index (χ2v) is 4.19. The molecule has 0 N–H and O–H groups in total. The number of benzene rings is 2. The Morgan fingerprint density at radius 3 is 1.73 bits per heavy atom. The van der Waals surface area contributed by atoms with Crippen LogP contribution in [-0.4, -0.2) is 20.2 Å². The summed E-state index contributed by atoms with van der Waals surface area (Å²) in [6.45, 7) is 0. The monoisotopic (exact) mass is 300 g/mol. The Morgan fingerprint density at radius 1 is 0.773 bits per heavy atom. The lowest BCUT2D eigenvalue weighted by atomic mass is 10.3. The minimum absolute atomic E-state index is 0.430. The number of carbonyl (C=O) groups excluding carboxylic acids is 1. The number of rotatable bonds is 6. The summed E-state index contributed by atoms with van der Waals surface area (Å²) < 4.78 is 20.5. The highest BCUT2D eigenvalue weighted by Crippen LogP contribution is 2.18. The zero-order chi connectivity index (χ0) is 15.8. The van der Waals surface area contributed by atoms with Crippen molar-refractivity contribution in [2.24, 2.45) is 0 Å². The van der Waals surface area contributed by atoms with Crippen LogP contribution in [0.1, 0.15) is 0 Å². The maximum absolute atomic E-state index is 11.6. The van der Waals surface area contributed by atoms with E-state index in [1.165, 1.54) is 12.3 Å². The molecule has 0 radical (unpaired) electrons. The van der Waals surface area contributed by atoms with Crippen molar-refractivity contribution in [1.29, 1.82) is 0 Å². The second-order valence-electron chi connectivity index (χ2n) is 4.19. The van der Waals surface area contributed by atoms with Crippen LogP contribution in [0.15, 0.2) is 60.9 Å². The fourth-order valence-electron chi connectivity index (χ4n) is 1.62. The van der Waals surface area contributed by atoms with Crippen LogP contribution >= 0.6 is 0 Å². The zero-order valence-corrected chi connectivity index (χ0v) is 12.3. The van der Waals surface area contributed by atoms with E-state index in [1.54, 1.807) is 62.8 Å². The quantitative estimate of drug-likeness (QED) is 0.355. The molecule has 2 rings (SSSR count). The van der Waals surface area contributed by atoms with Crippen molar-refractivity contribution in [1.82, 2.24) is 0 Å². The molecule has 0 aromatic heterocycles. The number of carbonyl (C=O) groups is 1. The molecule has 0 amide bonds. The number of esters is 1. The minimum Gasteiger partial charge on any atom is -0.497 e. The van der Waals surface area contributed by atoms with Gasteiger partial charge in [0.1, 0.15) is 23.0 Å². The zero-order valence-electron chi connectivity index (χ0n) is 12.3. The van der Waals surface area contributed by atoms with Gasteiger partial charge in [-0.25, -0.2) is 4.79 Å². The Morgan fingerprint density at radius 2 is 1.23 bits per heavy atom. The summed E-state index contributed by atoms with van der Waals surface area (Å²) in [4.78, 5) is 11.6. The number of hydrogen-bond acceptors (Lipinski definition) is 5. The first-order chi connectivity index (χ1) is 10.7. The fourth-order valence-corrected chi connectivity index (χ4v) is 1.62. The first-order valence-electron chi connectivity index (χ1n) is 6.54. The summed E-state index contributed by atoms with van der Waals surface area (Å²) in [6.07, 6.45) is 2.47. The highest BCUT2D eigenvalue weighted by Gasteiger charge is 2.01. The molecule has 2 aromatic carbocycles. The molecule has 5 nitrogen and oxygen atoms in total. The molecule has 0 saturated carbocycles. The van der Waals surface area contributed by atoms with Gasteiger partial charge in [-0.15, -0.1) is 0 Å². The van der Waals surface area contributed by atoms with Gasteiger partial charge in [0.2, 0.25) is 0 Å². The van der Waals surface area contributed by atoms with Crippen molar-refractivity contribution in [3.05, 3.63) is 60.9 Å². The smallest absolute Gasteiger partial charge is 0.339 e. The second kappa shape index (κ2) is 7.73. The Kier molecular flexibility index (Phi) is 5.43. The van der Waals surface area contributed by atoms with E-state index in [4.69, 9.17) is 18.9 Å². The van der Waals surface area contributed by atoms with Gasteiger partial charge in [0.05, 0.1) is 26.6 Å². The van der Waals surface area contributed by atoms with E-state index in [0.717, 1.165) is 5.75 Å². The summed E-state index contributed by atoms with van der Waals surface area (Å²) in [7, 11) is 3.16. The van der Waals surface area contributed by atoms with Crippen molar-refractivity contribution in [3.8, 4) is 23.0 Å². The molecule has 0 spiro atoms. The minimum atomic E-state index is -0.529. The normalized spacial score (nSPS) is 10.3. The van der Waals surface area contributed by atoms with Crippen molar-refractivity contribution in [2.75, 3.05) is 14.2 Å². The van der Waals surface area contributed by atoms with Gasteiger partial charge in [0, 0.05) is 0 Å².